The second kappa shape index (κ2) is 10.5. The largest absolute Gasteiger partial charge is 0.462 e. The molecule has 1 aliphatic rings. The molecule has 33 heavy (non-hydrogen) atoms. The average Bonchev–Trinajstić information content (AvgIpc) is 2.85. The van der Waals surface area contributed by atoms with Gasteiger partial charge in [0, 0.05) is 35.4 Å². The first kappa shape index (κ1) is 22.9. The second-order valence-electron chi connectivity index (χ2n) is 8.05. The number of carbonyl (C=O) groups is 2. The lowest BCUT2D eigenvalue weighted by Gasteiger charge is -2.34. The number of hydrogen-bond acceptors (Lipinski definition) is 4. The molecule has 1 heterocycles. The SMILES string of the molecule is CCOC(=O)c1ccc(N2CCC(NC(=O)c3ccccc3-c3ccc(Cl)cc3)CC2)cc1. The topological polar surface area (TPSA) is 58.6 Å². The van der Waals surface area contributed by atoms with Crippen LogP contribution in [0.1, 0.15) is 40.5 Å². The van der Waals surface area contributed by atoms with Gasteiger partial charge in [-0.2, -0.15) is 0 Å². The summed E-state index contributed by atoms with van der Waals surface area (Å²) < 4.78 is 5.04. The van der Waals surface area contributed by atoms with E-state index in [4.69, 9.17) is 16.3 Å². The minimum absolute atomic E-state index is 0.0576. The van der Waals surface area contributed by atoms with Crippen LogP contribution in [0.2, 0.25) is 5.02 Å². The minimum atomic E-state index is -0.302. The number of esters is 1. The average molecular weight is 463 g/mol. The molecule has 1 amide bonds. The Morgan fingerprint density at radius 3 is 2.30 bits per heavy atom. The number of ether oxygens (including phenoxy) is 1. The molecule has 0 radical (unpaired) electrons. The molecule has 0 aromatic heterocycles. The summed E-state index contributed by atoms with van der Waals surface area (Å²) in [6, 6.07) is 22.8. The fourth-order valence-corrected chi connectivity index (χ4v) is 4.26. The van der Waals surface area contributed by atoms with Gasteiger partial charge >= 0.3 is 5.97 Å². The highest BCUT2D eigenvalue weighted by Gasteiger charge is 2.23. The van der Waals surface area contributed by atoms with Gasteiger partial charge in [-0.05, 0) is 73.4 Å². The normalized spacial score (nSPS) is 14.1. The van der Waals surface area contributed by atoms with E-state index in [0.29, 0.717) is 22.8 Å². The predicted octanol–water partition coefficient (Wildman–Crippen LogP) is 5.58. The molecule has 170 valence electrons. The van der Waals surface area contributed by atoms with E-state index in [0.717, 1.165) is 42.7 Å². The smallest absolute Gasteiger partial charge is 0.338 e. The molecule has 6 heteroatoms. The Morgan fingerprint density at radius 2 is 1.64 bits per heavy atom. The van der Waals surface area contributed by atoms with Crippen molar-refractivity contribution < 1.29 is 14.3 Å². The highest BCUT2D eigenvalue weighted by atomic mass is 35.5. The number of benzene rings is 3. The van der Waals surface area contributed by atoms with Crippen LogP contribution in [0.4, 0.5) is 5.69 Å². The molecule has 0 spiro atoms. The maximum Gasteiger partial charge on any atom is 0.338 e. The zero-order valence-electron chi connectivity index (χ0n) is 18.6. The van der Waals surface area contributed by atoms with E-state index in [-0.39, 0.29) is 17.9 Å². The summed E-state index contributed by atoms with van der Waals surface area (Å²) in [5.74, 6) is -0.359. The summed E-state index contributed by atoms with van der Waals surface area (Å²) in [6.07, 6.45) is 1.71. The number of nitrogens with zero attached hydrogens (tertiary/aromatic N) is 1. The van der Waals surface area contributed by atoms with Crippen molar-refractivity contribution in [3.8, 4) is 11.1 Å². The molecule has 3 aromatic carbocycles. The number of nitrogens with one attached hydrogen (secondary N) is 1. The third-order valence-electron chi connectivity index (χ3n) is 5.90. The molecule has 0 bridgehead atoms. The minimum Gasteiger partial charge on any atom is -0.462 e. The molecule has 4 rings (SSSR count). The Labute approximate surface area is 199 Å². The van der Waals surface area contributed by atoms with Crippen LogP contribution in [0, 0.1) is 0 Å². The number of rotatable bonds is 6. The van der Waals surface area contributed by atoms with Crippen molar-refractivity contribution in [2.24, 2.45) is 0 Å². The van der Waals surface area contributed by atoms with Gasteiger partial charge in [0.05, 0.1) is 12.2 Å². The summed E-state index contributed by atoms with van der Waals surface area (Å²) in [6.45, 7) is 3.83. The van der Waals surface area contributed by atoms with Gasteiger partial charge in [-0.25, -0.2) is 4.79 Å². The van der Waals surface area contributed by atoms with Crippen LogP contribution in [-0.4, -0.2) is 37.6 Å². The molecule has 0 unspecified atom stereocenters. The third kappa shape index (κ3) is 5.55. The number of halogens is 1. The highest BCUT2D eigenvalue weighted by Crippen LogP contribution is 2.26. The summed E-state index contributed by atoms with van der Waals surface area (Å²) in [7, 11) is 0. The zero-order valence-corrected chi connectivity index (χ0v) is 19.3. The monoisotopic (exact) mass is 462 g/mol. The van der Waals surface area contributed by atoms with Crippen molar-refractivity contribution in [1.29, 1.82) is 0 Å². The molecule has 0 saturated carbocycles. The van der Waals surface area contributed by atoms with Crippen molar-refractivity contribution in [3.05, 3.63) is 88.9 Å². The van der Waals surface area contributed by atoms with E-state index in [1.807, 2.05) is 60.7 Å². The lowest BCUT2D eigenvalue weighted by molar-refractivity contribution is 0.0526. The zero-order chi connectivity index (χ0) is 23.2. The van der Waals surface area contributed by atoms with Gasteiger partial charge in [-0.1, -0.05) is 41.9 Å². The van der Waals surface area contributed by atoms with Gasteiger partial charge in [0.15, 0.2) is 0 Å². The number of anilines is 1. The standard InChI is InChI=1S/C27H27ClN2O3/c1-2-33-27(32)20-9-13-23(14-10-20)30-17-15-22(16-18-30)29-26(31)25-6-4-3-5-24(25)19-7-11-21(28)12-8-19/h3-14,22H,2,15-18H2,1H3,(H,29,31). The van der Waals surface area contributed by atoms with Gasteiger partial charge in [0.25, 0.3) is 5.91 Å². The number of piperidine rings is 1. The van der Waals surface area contributed by atoms with Crippen molar-refractivity contribution in [2.45, 2.75) is 25.8 Å². The molecule has 0 atom stereocenters. The van der Waals surface area contributed by atoms with E-state index in [1.165, 1.54) is 0 Å². The van der Waals surface area contributed by atoms with Gasteiger partial charge < -0.3 is 15.0 Å². The summed E-state index contributed by atoms with van der Waals surface area (Å²) in [4.78, 5) is 27.2. The van der Waals surface area contributed by atoms with Crippen LogP contribution in [-0.2, 0) is 4.74 Å². The maximum atomic E-state index is 13.1. The summed E-state index contributed by atoms with van der Waals surface area (Å²) in [5, 5.41) is 3.88. The Balaban J connectivity index is 1.36. The number of hydrogen-bond donors (Lipinski definition) is 1. The van der Waals surface area contributed by atoms with Crippen LogP contribution in [0.15, 0.2) is 72.8 Å². The Kier molecular flexibility index (Phi) is 7.30. The van der Waals surface area contributed by atoms with Crippen LogP contribution >= 0.6 is 11.6 Å². The second-order valence-corrected chi connectivity index (χ2v) is 8.49. The quantitative estimate of drug-likeness (QED) is 0.485. The van der Waals surface area contributed by atoms with Gasteiger partial charge in [-0.3, -0.25) is 4.79 Å². The summed E-state index contributed by atoms with van der Waals surface area (Å²) >= 11 is 6.02. The molecule has 0 aliphatic carbocycles. The van der Waals surface area contributed by atoms with Crippen LogP contribution in [0.5, 0.6) is 0 Å². The molecule has 1 saturated heterocycles. The molecule has 3 aromatic rings. The van der Waals surface area contributed by atoms with E-state index in [9.17, 15) is 9.59 Å². The van der Waals surface area contributed by atoms with E-state index >= 15 is 0 Å². The van der Waals surface area contributed by atoms with Crippen LogP contribution in [0.3, 0.4) is 0 Å². The number of carbonyl (C=O) groups excluding carboxylic acids is 2. The molecule has 1 fully saturated rings. The third-order valence-corrected chi connectivity index (χ3v) is 6.15. The maximum absolute atomic E-state index is 13.1. The Hall–Kier alpha value is -3.31. The lowest BCUT2D eigenvalue weighted by Crippen LogP contribution is -2.44. The highest BCUT2D eigenvalue weighted by molar-refractivity contribution is 6.30. The van der Waals surface area contributed by atoms with Crippen LogP contribution < -0.4 is 10.2 Å². The number of amides is 1. The van der Waals surface area contributed by atoms with E-state index in [2.05, 4.69) is 10.2 Å². The Bertz CT molecular complexity index is 1100. The van der Waals surface area contributed by atoms with Gasteiger partial charge in [-0.15, -0.1) is 0 Å². The fraction of sp³-hybridized carbons (Fsp3) is 0.259. The van der Waals surface area contributed by atoms with Crippen molar-refractivity contribution >= 4 is 29.2 Å². The van der Waals surface area contributed by atoms with Crippen LogP contribution in [0.25, 0.3) is 11.1 Å². The van der Waals surface area contributed by atoms with E-state index < -0.39 is 0 Å². The first-order chi connectivity index (χ1) is 16.0. The van der Waals surface area contributed by atoms with E-state index in [1.54, 1.807) is 19.1 Å². The molecular formula is C27H27ClN2O3. The molecule has 1 aliphatic heterocycles. The molecular weight excluding hydrogens is 436 g/mol. The first-order valence-electron chi connectivity index (χ1n) is 11.2. The van der Waals surface area contributed by atoms with Crippen molar-refractivity contribution in [2.75, 3.05) is 24.6 Å². The lowest BCUT2D eigenvalue weighted by atomic mass is 9.98. The first-order valence-corrected chi connectivity index (χ1v) is 11.6. The summed E-state index contributed by atoms with van der Waals surface area (Å²) in [5.41, 5.74) is 4.15. The fourth-order valence-electron chi connectivity index (χ4n) is 4.13. The molecule has 1 N–H and O–H groups in total. The Morgan fingerprint density at radius 1 is 0.970 bits per heavy atom. The van der Waals surface area contributed by atoms with Crippen molar-refractivity contribution in [3.63, 3.8) is 0 Å². The van der Waals surface area contributed by atoms with Gasteiger partial charge in [0.1, 0.15) is 0 Å². The van der Waals surface area contributed by atoms with Crippen molar-refractivity contribution in [1.82, 2.24) is 5.32 Å². The predicted molar refractivity (Wildman–Crippen MR) is 132 cm³/mol. The molecule has 5 nitrogen and oxygen atoms in total. The van der Waals surface area contributed by atoms with Gasteiger partial charge in [0.2, 0.25) is 0 Å².